The maximum atomic E-state index is 13.3. The van der Waals surface area contributed by atoms with Gasteiger partial charge in [-0.15, -0.1) is 0 Å². The molecule has 1 aliphatic rings. The van der Waals surface area contributed by atoms with Crippen LogP contribution in [-0.4, -0.2) is 24.9 Å². The molecular formula is C20H22BrFN2O3. The quantitative estimate of drug-likeness (QED) is 0.720. The lowest BCUT2D eigenvalue weighted by molar-refractivity contribution is -0.120. The fourth-order valence-electron chi connectivity index (χ4n) is 3.61. The number of amides is 2. The smallest absolute Gasteiger partial charge is 0.287 e. The normalized spacial score (nSPS) is 15.9. The van der Waals surface area contributed by atoms with Gasteiger partial charge in [-0.3, -0.25) is 9.59 Å². The molecule has 1 saturated carbocycles. The van der Waals surface area contributed by atoms with Crippen LogP contribution in [0.25, 0.3) is 0 Å². The number of carbonyl (C=O) groups excluding carboxylic acids is 2. The Morgan fingerprint density at radius 2 is 1.74 bits per heavy atom. The molecular weight excluding hydrogens is 415 g/mol. The summed E-state index contributed by atoms with van der Waals surface area (Å²) in [5.41, 5.74) is 0.866. The topological polar surface area (TPSA) is 71.3 Å². The van der Waals surface area contributed by atoms with E-state index in [1.165, 1.54) is 24.6 Å². The van der Waals surface area contributed by atoms with Gasteiger partial charge in [0.2, 0.25) is 5.91 Å². The fraction of sp³-hybridized carbons (Fsp3) is 0.400. The second kappa shape index (κ2) is 8.69. The molecule has 0 radical (unpaired) electrons. The molecule has 0 saturated heterocycles. The van der Waals surface area contributed by atoms with E-state index in [0.29, 0.717) is 11.2 Å². The number of hydrogen-bond acceptors (Lipinski definition) is 3. The summed E-state index contributed by atoms with van der Waals surface area (Å²) < 4.78 is 18.9. The predicted molar refractivity (Wildman–Crippen MR) is 103 cm³/mol. The van der Waals surface area contributed by atoms with E-state index in [4.69, 9.17) is 4.42 Å². The molecule has 2 amide bonds. The van der Waals surface area contributed by atoms with Crippen LogP contribution in [0.4, 0.5) is 4.39 Å². The standard InChI is InChI=1S/C20H22BrFN2O3/c21-17-9-8-16(27-17)19(26)23-12-18(25)24-13-20(10-2-1-3-11-20)14-4-6-15(22)7-5-14/h4-9H,1-3,10-13H2,(H,23,26)(H,24,25). The van der Waals surface area contributed by atoms with Crippen molar-refractivity contribution >= 4 is 27.7 Å². The molecule has 27 heavy (non-hydrogen) atoms. The van der Waals surface area contributed by atoms with Crippen LogP contribution in [0, 0.1) is 5.82 Å². The van der Waals surface area contributed by atoms with Gasteiger partial charge in [0.25, 0.3) is 5.91 Å². The van der Waals surface area contributed by atoms with Crippen molar-refractivity contribution in [2.24, 2.45) is 0 Å². The van der Waals surface area contributed by atoms with Crippen LogP contribution in [0.5, 0.6) is 0 Å². The van der Waals surface area contributed by atoms with E-state index in [1.54, 1.807) is 6.07 Å². The van der Waals surface area contributed by atoms with E-state index < -0.39 is 5.91 Å². The van der Waals surface area contributed by atoms with Gasteiger partial charge in [0.1, 0.15) is 5.82 Å². The molecule has 0 atom stereocenters. The Balaban J connectivity index is 1.57. The van der Waals surface area contributed by atoms with E-state index in [2.05, 4.69) is 26.6 Å². The first kappa shape index (κ1) is 19.6. The largest absolute Gasteiger partial charge is 0.444 e. The SMILES string of the molecule is O=C(CNC(=O)c1ccc(Br)o1)NCC1(c2ccc(F)cc2)CCCCC1. The van der Waals surface area contributed by atoms with Gasteiger partial charge in [0, 0.05) is 12.0 Å². The van der Waals surface area contributed by atoms with E-state index >= 15 is 0 Å². The third-order valence-electron chi connectivity index (χ3n) is 5.10. The highest BCUT2D eigenvalue weighted by molar-refractivity contribution is 9.10. The number of nitrogens with one attached hydrogen (secondary N) is 2. The Labute approximate surface area is 165 Å². The molecule has 2 aromatic rings. The monoisotopic (exact) mass is 436 g/mol. The summed E-state index contributed by atoms with van der Waals surface area (Å²) >= 11 is 3.13. The lowest BCUT2D eigenvalue weighted by Crippen LogP contribution is -2.45. The molecule has 5 nitrogen and oxygen atoms in total. The Morgan fingerprint density at radius 3 is 2.37 bits per heavy atom. The minimum Gasteiger partial charge on any atom is -0.444 e. The summed E-state index contributed by atoms with van der Waals surface area (Å²) in [4.78, 5) is 24.2. The summed E-state index contributed by atoms with van der Waals surface area (Å²) in [5.74, 6) is -0.825. The summed E-state index contributed by atoms with van der Waals surface area (Å²) in [6.07, 6.45) is 5.23. The van der Waals surface area contributed by atoms with Crippen LogP contribution in [0.3, 0.4) is 0 Å². The Bertz CT molecular complexity index is 798. The molecule has 1 aliphatic carbocycles. The van der Waals surface area contributed by atoms with Crippen molar-refractivity contribution < 1.29 is 18.4 Å². The highest BCUT2D eigenvalue weighted by Crippen LogP contribution is 2.39. The van der Waals surface area contributed by atoms with Gasteiger partial charge >= 0.3 is 0 Å². The van der Waals surface area contributed by atoms with Gasteiger partial charge in [-0.2, -0.15) is 0 Å². The molecule has 0 bridgehead atoms. The molecule has 1 aromatic carbocycles. The first-order valence-corrected chi connectivity index (χ1v) is 9.84. The summed E-state index contributed by atoms with van der Waals surface area (Å²) in [5, 5.41) is 5.48. The second-order valence-electron chi connectivity index (χ2n) is 6.91. The van der Waals surface area contributed by atoms with Crippen molar-refractivity contribution in [1.82, 2.24) is 10.6 Å². The van der Waals surface area contributed by atoms with Crippen LogP contribution in [0.15, 0.2) is 45.5 Å². The third kappa shape index (κ3) is 4.97. The number of halogens is 2. The average molecular weight is 437 g/mol. The molecule has 7 heteroatoms. The van der Waals surface area contributed by atoms with Crippen LogP contribution >= 0.6 is 15.9 Å². The summed E-state index contributed by atoms with van der Waals surface area (Å²) in [6, 6.07) is 9.70. The van der Waals surface area contributed by atoms with Crippen LogP contribution in [0.2, 0.25) is 0 Å². The van der Waals surface area contributed by atoms with E-state index in [0.717, 1.165) is 31.2 Å². The van der Waals surface area contributed by atoms with Crippen LogP contribution < -0.4 is 10.6 Å². The van der Waals surface area contributed by atoms with Crippen molar-refractivity contribution in [1.29, 1.82) is 0 Å². The number of benzene rings is 1. The molecule has 144 valence electrons. The van der Waals surface area contributed by atoms with Gasteiger partial charge < -0.3 is 15.1 Å². The molecule has 1 fully saturated rings. The van der Waals surface area contributed by atoms with Gasteiger partial charge in [-0.25, -0.2) is 4.39 Å². The molecule has 1 aromatic heterocycles. The highest BCUT2D eigenvalue weighted by Gasteiger charge is 2.34. The van der Waals surface area contributed by atoms with E-state index in [9.17, 15) is 14.0 Å². The van der Waals surface area contributed by atoms with E-state index in [1.807, 2.05) is 12.1 Å². The van der Waals surface area contributed by atoms with Gasteiger partial charge in [0.05, 0.1) is 6.54 Å². The first-order valence-electron chi connectivity index (χ1n) is 9.05. The minimum atomic E-state index is -0.443. The average Bonchev–Trinajstić information content (AvgIpc) is 3.12. The van der Waals surface area contributed by atoms with Crippen LogP contribution in [-0.2, 0) is 10.2 Å². The Hall–Kier alpha value is -2.15. The molecule has 0 unspecified atom stereocenters. The van der Waals surface area contributed by atoms with Crippen molar-refractivity contribution in [3.8, 4) is 0 Å². The summed E-state index contributed by atoms with van der Waals surface area (Å²) in [7, 11) is 0. The van der Waals surface area contributed by atoms with Crippen molar-refractivity contribution in [3.05, 3.63) is 58.2 Å². The van der Waals surface area contributed by atoms with Gasteiger partial charge in [-0.1, -0.05) is 31.4 Å². The molecule has 0 spiro atoms. The van der Waals surface area contributed by atoms with E-state index in [-0.39, 0.29) is 29.4 Å². The Kier molecular flexibility index (Phi) is 6.31. The van der Waals surface area contributed by atoms with Crippen molar-refractivity contribution in [2.75, 3.05) is 13.1 Å². The minimum absolute atomic E-state index is 0.128. The lowest BCUT2D eigenvalue weighted by Gasteiger charge is -2.38. The van der Waals surface area contributed by atoms with Gasteiger partial charge in [0.15, 0.2) is 10.4 Å². The second-order valence-corrected chi connectivity index (χ2v) is 7.69. The number of rotatable bonds is 6. The molecule has 3 rings (SSSR count). The van der Waals surface area contributed by atoms with Crippen molar-refractivity contribution in [3.63, 3.8) is 0 Å². The summed E-state index contributed by atoms with van der Waals surface area (Å²) in [6.45, 7) is 0.344. The maximum Gasteiger partial charge on any atom is 0.287 e. The van der Waals surface area contributed by atoms with Gasteiger partial charge in [-0.05, 0) is 58.6 Å². The zero-order valence-electron chi connectivity index (χ0n) is 14.9. The number of furan rings is 1. The zero-order chi connectivity index (χ0) is 19.3. The molecule has 0 aliphatic heterocycles. The zero-order valence-corrected chi connectivity index (χ0v) is 16.5. The predicted octanol–water partition coefficient (Wildman–Crippen LogP) is 3.93. The third-order valence-corrected chi connectivity index (χ3v) is 5.52. The number of carbonyl (C=O) groups is 2. The van der Waals surface area contributed by atoms with Crippen molar-refractivity contribution in [2.45, 2.75) is 37.5 Å². The van der Waals surface area contributed by atoms with Crippen LogP contribution in [0.1, 0.15) is 48.2 Å². The number of hydrogen-bond donors (Lipinski definition) is 2. The lowest BCUT2D eigenvalue weighted by atomic mass is 9.69. The highest BCUT2D eigenvalue weighted by atomic mass is 79.9. The first-order chi connectivity index (χ1) is 13.0. The maximum absolute atomic E-state index is 13.3. The fourth-order valence-corrected chi connectivity index (χ4v) is 3.92. The molecule has 2 N–H and O–H groups in total. The molecule has 1 heterocycles. The Morgan fingerprint density at radius 1 is 1.04 bits per heavy atom.